The molecule has 3 aromatic heterocycles. The number of para-hydroxylation sites is 2. The second-order valence-corrected chi connectivity index (χ2v) is 11.8. The van der Waals surface area contributed by atoms with Crippen molar-refractivity contribution in [3.63, 3.8) is 0 Å². The minimum absolute atomic E-state index is 1.17. The molecule has 0 aliphatic heterocycles. The molecule has 0 amide bonds. The summed E-state index contributed by atoms with van der Waals surface area (Å²) < 4.78 is 7.25. The molecule has 3 nitrogen and oxygen atoms in total. The van der Waals surface area contributed by atoms with Crippen molar-refractivity contribution in [3.8, 4) is 28.2 Å². The van der Waals surface area contributed by atoms with Gasteiger partial charge in [-0.1, -0.05) is 91.0 Å². The van der Waals surface area contributed by atoms with Gasteiger partial charge in [0.05, 0.1) is 33.1 Å². The summed E-state index contributed by atoms with van der Waals surface area (Å²) in [5, 5.41) is 5.13. The largest absolute Gasteiger partial charge is 0.309 e. The standard InChI is InChI=1S/C42H27N3/c1-3-12-28(13-4-1)29-14-9-17-31(26-29)44-37-20-10-22-39-41(37)42-38(44)21-11-23-40(42)45(39)32-24-25-36-34(27-32)33-18-7-8-19-35(33)43(36)30-15-5-2-6-16-30/h1-27H. The fourth-order valence-corrected chi connectivity index (χ4v) is 7.54. The Morgan fingerprint density at radius 1 is 0.267 bits per heavy atom. The van der Waals surface area contributed by atoms with Crippen LogP contribution >= 0.6 is 0 Å². The molecule has 0 fully saturated rings. The van der Waals surface area contributed by atoms with Crippen molar-refractivity contribution in [2.45, 2.75) is 0 Å². The number of benzene rings is 7. The Hall–Kier alpha value is -6.06. The van der Waals surface area contributed by atoms with E-state index in [9.17, 15) is 0 Å². The molecule has 3 heteroatoms. The molecule has 3 heterocycles. The molecule has 0 aliphatic rings. The lowest BCUT2D eigenvalue weighted by atomic mass is 10.1. The molecule has 10 aromatic rings. The fraction of sp³-hybridized carbons (Fsp3) is 0. The smallest absolute Gasteiger partial charge is 0.0563 e. The lowest BCUT2D eigenvalue weighted by molar-refractivity contribution is 1.15. The van der Waals surface area contributed by atoms with Crippen LogP contribution in [-0.2, 0) is 0 Å². The van der Waals surface area contributed by atoms with Crippen LogP contribution in [0.5, 0.6) is 0 Å². The van der Waals surface area contributed by atoms with Crippen molar-refractivity contribution in [3.05, 3.63) is 164 Å². The monoisotopic (exact) mass is 573 g/mol. The third-order valence-electron chi connectivity index (χ3n) is 9.39. The van der Waals surface area contributed by atoms with Crippen LogP contribution in [0.15, 0.2) is 164 Å². The zero-order valence-electron chi connectivity index (χ0n) is 24.4. The first-order valence-corrected chi connectivity index (χ1v) is 15.5. The van der Waals surface area contributed by atoms with E-state index in [0.717, 1.165) is 0 Å². The summed E-state index contributed by atoms with van der Waals surface area (Å²) in [6.45, 7) is 0. The molecular weight excluding hydrogens is 546 g/mol. The average molecular weight is 574 g/mol. The first-order valence-electron chi connectivity index (χ1n) is 15.5. The number of hydrogen-bond acceptors (Lipinski definition) is 0. The van der Waals surface area contributed by atoms with Gasteiger partial charge >= 0.3 is 0 Å². The maximum atomic E-state index is 2.45. The molecule has 0 aliphatic carbocycles. The van der Waals surface area contributed by atoms with Crippen LogP contribution in [-0.4, -0.2) is 13.7 Å². The van der Waals surface area contributed by atoms with Crippen LogP contribution in [0.4, 0.5) is 0 Å². The second-order valence-electron chi connectivity index (χ2n) is 11.8. The summed E-state index contributed by atoms with van der Waals surface area (Å²) in [6, 6.07) is 59.3. The summed E-state index contributed by atoms with van der Waals surface area (Å²) in [6.07, 6.45) is 0. The van der Waals surface area contributed by atoms with E-state index < -0.39 is 0 Å². The van der Waals surface area contributed by atoms with Crippen LogP contribution in [0.3, 0.4) is 0 Å². The third kappa shape index (κ3) is 3.41. The first-order chi connectivity index (χ1) is 22.3. The predicted molar refractivity (Wildman–Crippen MR) is 189 cm³/mol. The van der Waals surface area contributed by atoms with Crippen LogP contribution in [0, 0.1) is 0 Å². The fourth-order valence-electron chi connectivity index (χ4n) is 7.54. The Labute approximate surface area is 259 Å². The SMILES string of the molecule is c1ccc(-c2cccc(-n3c4cccc5c4c4c3cccc4n5-c3ccc4c(c3)c3ccccc3n4-c3ccccc3)c2)cc1. The third-order valence-corrected chi connectivity index (χ3v) is 9.39. The minimum Gasteiger partial charge on any atom is -0.309 e. The maximum absolute atomic E-state index is 2.45. The second kappa shape index (κ2) is 9.22. The Morgan fingerprint density at radius 3 is 1.42 bits per heavy atom. The molecule has 0 radical (unpaired) electrons. The molecule has 0 bridgehead atoms. The van der Waals surface area contributed by atoms with Crippen molar-refractivity contribution >= 4 is 54.6 Å². The molecule has 0 unspecified atom stereocenters. The lowest BCUT2D eigenvalue weighted by Gasteiger charge is -2.14. The molecule has 0 spiro atoms. The van der Waals surface area contributed by atoms with E-state index in [0.29, 0.717) is 0 Å². The number of rotatable bonds is 4. The highest BCUT2D eigenvalue weighted by Crippen LogP contribution is 2.43. The lowest BCUT2D eigenvalue weighted by Crippen LogP contribution is -1.98. The topological polar surface area (TPSA) is 14.8 Å². The Balaban J connectivity index is 1.22. The number of fused-ring (bicyclic) bond motifs is 3. The van der Waals surface area contributed by atoms with Gasteiger partial charge in [0.25, 0.3) is 0 Å². The molecule has 210 valence electrons. The molecule has 0 N–H and O–H groups in total. The zero-order chi connectivity index (χ0) is 29.5. The van der Waals surface area contributed by atoms with Gasteiger partial charge in [-0.25, -0.2) is 0 Å². The van der Waals surface area contributed by atoms with Crippen molar-refractivity contribution in [2.75, 3.05) is 0 Å². The van der Waals surface area contributed by atoms with Crippen LogP contribution in [0.1, 0.15) is 0 Å². The highest BCUT2D eigenvalue weighted by Gasteiger charge is 2.23. The van der Waals surface area contributed by atoms with Crippen molar-refractivity contribution in [2.24, 2.45) is 0 Å². The molecule has 7 aromatic carbocycles. The average Bonchev–Trinajstić information content (AvgIpc) is 3.75. The molecule has 0 saturated carbocycles. The molecule has 0 saturated heterocycles. The molecule has 45 heavy (non-hydrogen) atoms. The zero-order valence-corrected chi connectivity index (χ0v) is 24.4. The minimum atomic E-state index is 1.17. The van der Waals surface area contributed by atoms with Crippen molar-refractivity contribution in [1.82, 2.24) is 13.7 Å². The van der Waals surface area contributed by atoms with E-state index in [2.05, 4.69) is 177 Å². The Bertz CT molecular complexity index is 2620. The van der Waals surface area contributed by atoms with Gasteiger partial charge in [0.1, 0.15) is 0 Å². The van der Waals surface area contributed by atoms with E-state index in [1.165, 1.54) is 82.8 Å². The quantitative estimate of drug-likeness (QED) is 0.199. The van der Waals surface area contributed by atoms with Crippen LogP contribution in [0.25, 0.3) is 82.8 Å². The van der Waals surface area contributed by atoms with Gasteiger partial charge in [-0.05, 0) is 83.9 Å². The van der Waals surface area contributed by atoms with Gasteiger partial charge in [-0.15, -0.1) is 0 Å². The first kappa shape index (κ1) is 24.4. The van der Waals surface area contributed by atoms with Gasteiger partial charge in [-0.3, -0.25) is 0 Å². The van der Waals surface area contributed by atoms with Gasteiger partial charge in [0, 0.05) is 38.6 Å². The number of aromatic nitrogens is 3. The Kier molecular flexibility index (Phi) is 5.00. The van der Waals surface area contributed by atoms with Crippen molar-refractivity contribution in [1.29, 1.82) is 0 Å². The Morgan fingerprint density at radius 2 is 0.733 bits per heavy atom. The van der Waals surface area contributed by atoms with Gasteiger partial charge in [-0.2, -0.15) is 0 Å². The van der Waals surface area contributed by atoms with Crippen LogP contribution in [0.2, 0.25) is 0 Å². The van der Waals surface area contributed by atoms with E-state index in [4.69, 9.17) is 0 Å². The molecular formula is C42H27N3. The van der Waals surface area contributed by atoms with Gasteiger partial charge in [0.15, 0.2) is 0 Å². The van der Waals surface area contributed by atoms with E-state index in [1.54, 1.807) is 0 Å². The summed E-state index contributed by atoms with van der Waals surface area (Å²) in [7, 11) is 0. The highest BCUT2D eigenvalue weighted by atomic mass is 15.0. The van der Waals surface area contributed by atoms with E-state index in [-0.39, 0.29) is 0 Å². The summed E-state index contributed by atoms with van der Waals surface area (Å²) >= 11 is 0. The molecule has 10 rings (SSSR count). The number of hydrogen-bond donors (Lipinski definition) is 0. The van der Waals surface area contributed by atoms with Gasteiger partial charge in [0.2, 0.25) is 0 Å². The van der Waals surface area contributed by atoms with Gasteiger partial charge < -0.3 is 13.7 Å². The van der Waals surface area contributed by atoms with Crippen LogP contribution < -0.4 is 0 Å². The predicted octanol–water partition coefficient (Wildman–Crippen LogP) is 10.9. The molecule has 0 atom stereocenters. The van der Waals surface area contributed by atoms with E-state index >= 15 is 0 Å². The summed E-state index contributed by atoms with van der Waals surface area (Å²) in [5.74, 6) is 0. The highest BCUT2D eigenvalue weighted by molar-refractivity contribution is 6.25. The maximum Gasteiger partial charge on any atom is 0.0563 e. The summed E-state index contributed by atoms with van der Waals surface area (Å²) in [5.41, 5.74) is 13.3. The number of nitrogens with zero attached hydrogens (tertiary/aromatic N) is 3. The van der Waals surface area contributed by atoms with Crippen molar-refractivity contribution < 1.29 is 0 Å². The summed E-state index contributed by atoms with van der Waals surface area (Å²) in [4.78, 5) is 0. The van der Waals surface area contributed by atoms with E-state index in [1.807, 2.05) is 0 Å². The normalized spacial score (nSPS) is 12.0.